The summed E-state index contributed by atoms with van der Waals surface area (Å²) in [5.41, 5.74) is -0.309. The maximum absolute atomic E-state index is 13.1. The van der Waals surface area contributed by atoms with Crippen LogP contribution >= 0.6 is 0 Å². The van der Waals surface area contributed by atoms with Gasteiger partial charge in [0.1, 0.15) is 15.7 Å². The number of sulfone groups is 1. The summed E-state index contributed by atoms with van der Waals surface area (Å²) in [6, 6.07) is 1.26. The van der Waals surface area contributed by atoms with Gasteiger partial charge in [-0.25, -0.2) is 21.6 Å². The topological polar surface area (TPSA) is 46.2 Å². The van der Waals surface area contributed by atoms with Gasteiger partial charge >= 0.3 is 0 Å². The van der Waals surface area contributed by atoms with Crippen LogP contribution in [-0.4, -0.2) is 27.0 Å². The lowest BCUT2D eigenvalue weighted by molar-refractivity contribution is 0.497. The summed E-state index contributed by atoms with van der Waals surface area (Å²) in [4.78, 5) is 0. The summed E-state index contributed by atoms with van der Waals surface area (Å²) < 4.78 is 60.3. The summed E-state index contributed by atoms with van der Waals surface area (Å²) in [6.45, 7) is 0.118. The van der Waals surface area contributed by atoms with Crippen LogP contribution in [0.3, 0.4) is 0 Å². The molecule has 0 bridgehead atoms. The SMILES string of the molecule is CS(=O)(=O)CCCNc1cc(F)cc(F)c1F. The standard InChI is InChI=1S/C10H12F3NO2S/c1-17(15,16)4-2-3-14-9-6-7(11)5-8(12)10(9)13/h5-6,14H,2-4H2,1H3. The second-order valence-corrected chi connectivity index (χ2v) is 5.92. The van der Waals surface area contributed by atoms with E-state index in [0.717, 1.165) is 12.3 Å². The quantitative estimate of drug-likeness (QED) is 0.655. The van der Waals surface area contributed by atoms with Crippen molar-refractivity contribution in [3.63, 3.8) is 0 Å². The molecule has 17 heavy (non-hydrogen) atoms. The van der Waals surface area contributed by atoms with Gasteiger partial charge in [-0.3, -0.25) is 0 Å². The highest BCUT2D eigenvalue weighted by Gasteiger charge is 2.10. The summed E-state index contributed by atoms with van der Waals surface area (Å²) in [6.07, 6.45) is 1.31. The highest BCUT2D eigenvalue weighted by molar-refractivity contribution is 7.90. The highest BCUT2D eigenvalue weighted by atomic mass is 32.2. The van der Waals surface area contributed by atoms with Crippen LogP contribution < -0.4 is 5.32 Å². The van der Waals surface area contributed by atoms with Crippen LogP contribution in [0.5, 0.6) is 0 Å². The van der Waals surface area contributed by atoms with Gasteiger partial charge in [0.05, 0.1) is 11.4 Å². The fraction of sp³-hybridized carbons (Fsp3) is 0.400. The van der Waals surface area contributed by atoms with Gasteiger partial charge in [0.25, 0.3) is 0 Å². The molecule has 0 fully saturated rings. The third-order valence-corrected chi connectivity index (χ3v) is 3.03. The monoisotopic (exact) mass is 267 g/mol. The van der Waals surface area contributed by atoms with E-state index in [2.05, 4.69) is 5.32 Å². The third kappa shape index (κ3) is 4.64. The molecule has 0 aliphatic rings. The smallest absolute Gasteiger partial charge is 0.182 e. The number of anilines is 1. The Balaban J connectivity index is 2.58. The van der Waals surface area contributed by atoms with E-state index in [1.165, 1.54) is 0 Å². The molecule has 0 saturated heterocycles. The van der Waals surface area contributed by atoms with Crippen molar-refractivity contribution in [1.82, 2.24) is 0 Å². The van der Waals surface area contributed by atoms with Gasteiger partial charge in [0.2, 0.25) is 0 Å². The number of nitrogens with one attached hydrogen (secondary N) is 1. The van der Waals surface area contributed by atoms with Crippen molar-refractivity contribution in [3.8, 4) is 0 Å². The Bertz CT molecular complexity index is 503. The van der Waals surface area contributed by atoms with Gasteiger partial charge in [0, 0.05) is 24.9 Å². The van der Waals surface area contributed by atoms with Crippen LogP contribution in [0.2, 0.25) is 0 Å². The molecule has 0 heterocycles. The van der Waals surface area contributed by atoms with E-state index >= 15 is 0 Å². The Morgan fingerprint density at radius 2 is 1.88 bits per heavy atom. The van der Waals surface area contributed by atoms with Crippen LogP contribution in [0.4, 0.5) is 18.9 Å². The number of benzene rings is 1. The molecule has 0 aliphatic heterocycles. The zero-order valence-corrected chi connectivity index (χ0v) is 9.95. The van der Waals surface area contributed by atoms with E-state index < -0.39 is 27.3 Å². The van der Waals surface area contributed by atoms with E-state index in [1.807, 2.05) is 0 Å². The first-order chi connectivity index (χ1) is 7.79. The minimum atomic E-state index is -3.09. The van der Waals surface area contributed by atoms with E-state index in [0.29, 0.717) is 6.07 Å². The van der Waals surface area contributed by atoms with Crippen molar-refractivity contribution in [3.05, 3.63) is 29.6 Å². The van der Waals surface area contributed by atoms with Crippen molar-refractivity contribution in [2.24, 2.45) is 0 Å². The number of halogens is 3. The van der Waals surface area contributed by atoms with Crippen LogP contribution in [-0.2, 0) is 9.84 Å². The molecule has 7 heteroatoms. The molecule has 1 N–H and O–H groups in total. The number of hydrogen-bond donors (Lipinski definition) is 1. The van der Waals surface area contributed by atoms with E-state index in [9.17, 15) is 21.6 Å². The predicted octanol–water partition coefficient (Wildman–Crippen LogP) is 1.95. The first-order valence-corrected chi connectivity index (χ1v) is 6.92. The Morgan fingerprint density at radius 1 is 1.24 bits per heavy atom. The Kier molecular flexibility index (Phi) is 4.39. The maximum Gasteiger partial charge on any atom is 0.182 e. The highest BCUT2D eigenvalue weighted by Crippen LogP contribution is 2.18. The molecule has 0 spiro atoms. The molecule has 0 aliphatic carbocycles. The van der Waals surface area contributed by atoms with Gasteiger partial charge in [0.15, 0.2) is 11.6 Å². The Morgan fingerprint density at radius 3 is 2.47 bits per heavy atom. The fourth-order valence-electron chi connectivity index (χ4n) is 1.24. The molecule has 0 amide bonds. The molecule has 0 radical (unpaired) electrons. The molecule has 1 aromatic carbocycles. The molecule has 0 saturated carbocycles. The number of rotatable bonds is 5. The lowest BCUT2D eigenvalue weighted by Gasteiger charge is -2.07. The van der Waals surface area contributed by atoms with Crippen molar-refractivity contribution >= 4 is 15.5 Å². The molecular formula is C10H12F3NO2S. The second kappa shape index (κ2) is 5.39. The largest absolute Gasteiger partial charge is 0.382 e. The maximum atomic E-state index is 13.1. The summed E-state index contributed by atoms with van der Waals surface area (Å²) in [5, 5.41) is 2.45. The van der Waals surface area contributed by atoms with E-state index in [-0.39, 0.29) is 24.4 Å². The normalized spacial score (nSPS) is 11.5. The van der Waals surface area contributed by atoms with Gasteiger partial charge in [-0.1, -0.05) is 0 Å². The zero-order chi connectivity index (χ0) is 13.1. The average Bonchev–Trinajstić information content (AvgIpc) is 2.18. The minimum Gasteiger partial charge on any atom is -0.382 e. The van der Waals surface area contributed by atoms with Crippen molar-refractivity contribution in [2.75, 3.05) is 23.9 Å². The molecule has 0 atom stereocenters. The second-order valence-electron chi connectivity index (χ2n) is 3.66. The summed E-state index contributed by atoms with van der Waals surface area (Å²) in [5.74, 6) is -3.42. The van der Waals surface area contributed by atoms with Crippen molar-refractivity contribution < 1.29 is 21.6 Å². The lowest BCUT2D eigenvalue weighted by atomic mass is 10.2. The van der Waals surface area contributed by atoms with Gasteiger partial charge < -0.3 is 5.32 Å². The predicted molar refractivity (Wildman–Crippen MR) is 59.1 cm³/mol. The molecule has 0 unspecified atom stereocenters. The summed E-state index contributed by atoms with van der Waals surface area (Å²) in [7, 11) is -3.09. The van der Waals surface area contributed by atoms with Crippen molar-refractivity contribution in [2.45, 2.75) is 6.42 Å². The third-order valence-electron chi connectivity index (χ3n) is 2.00. The Labute approximate surface area is 97.6 Å². The molecule has 1 rings (SSSR count). The molecular weight excluding hydrogens is 255 g/mol. The van der Waals surface area contributed by atoms with Gasteiger partial charge in [-0.15, -0.1) is 0 Å². The Hall–Kier alpha value is -1.24. The molecule has 96 valence electrons. The fourth-order valence-corrected chi connectivity index (χ4v) is 1.91. The van der Waals surface area contributed by atoms with E-state index in [1.54, 1.807) is 0 Å². The number of hydrogen-bond acceptors (Lipinski definition) is 3. The lowest BCUT2D eigenvalue weighted by Crippen LogP contribution is -2.11. The molecule has 0 aromatic heterocycles. The van der Waals surface area contributed by atoms with Crippen LogP contribution in [0.25, 0.3) is 0 Å². The van der Waals surface area contributed by atoms with Crippen LogP contribution in [0.1, 0.15) is 6.42 Å². The summed E-state index contributed by atoms with van der Waals surface area (Å²) >= 11 is 0. The van der Waals surface area contributed by atoms with Gasteiger partial charge in [-0.2, -0.15) is 0 Å². The zero-order valence-electron chi connectivity index (χ0n) is 9.13. The van der Waals surface area contributed by atoms with Crippen molar-refractivity contribution in [1.29, 1.82) is 0 Å². The van der Waals surface area contributed by atoms with E-state index in [4.69, 9.17) is 0 Å². The molecule has 1 aromatic rings. The van der Waals surface area contributed by atoms with Crippen LogP contribution in [0, 0.1) is 17.5 Å². The minimum absolute atomic E-state index is 0.0700. The first kappa shape index (κ1) is 13.8. The molecule has 3 nitrogen and oxygen atoms in total. The first-order valence-electron chi connectivity index (χ1n) is 4.86. The van der Waals surface area contributed by atoms with Gasteiger partial charge in [-0.05, 0) is 6.42 Å². The van der Waals surface area contributed by atoms with Crippen LogP contribution in [0.15, 0.2) is 12.1 Å². The average molecular weight is 267 g/mol.